The Bertz CT molecular complexity index is 367. The quantitative estimate of drug-likeness (QED) is 0.708. The third-order valence-electron chi connectivity index (χ3n) is 1.76. The number of halogens is 3. The van der Waals surface area contributed by atoms with Crippen LogP contribution in [0.25, 0.3) is 0 Å². The number of aromatic nitrogens is 2. The van der Waals surface area contributed by atoms with E-state index in [0.717, 1.165) is 0 Å². The molecule has 0 bridgehead atoms. The second-order valence-corrected chi connectivity index (χ2v) is 3.05. The average Bonchev–Trinajstić information content (AvgIpc) is 2.42. The Labute approximate surface area is 83.9 Å². The maximum Gasteiger partial charge on any atom is 0.411 e. The van der Waals surface area contributed by atoms with Gasteiger partial charge in [-0.05, 0) is 0 Å². The molecule has 0 aliphatic rings. The molecule has 86 valence electrons. The summed E-state index contributed by atoms with van der Waals surface area (Å²) in [6, 6.07) is 0. The molecule has 0 unspecified atom stereocenters. The molecular weight excluding hydrogens is 213 g/mol. The van der Waals surface area contributed by atoms with Gasteiger partial charge in [-0.2, -0.15) is 13.2 Å². The molecule has 0 spiro atoms. The van der Waals surface area contributed by atoms with Crippen LogP contribution < -0.4 is 5.69 Å². The summed E-state index contributed by atoms with van der Waals surface area (Å²) in [5.74, 6) is 0. The van der Waals surface area contributed by atoms with Crippen LogP contribution in [0.5, 0.6) is 0 Å². The maximum absolute atomic E-state index is 11.7. The van der Waals surface area contributed by atoms with Gasteiger partial charge in [0.05, 0.1) is 13.2 Å². The highest BCUT2D eigenvalue weighted by molar-refractivity contribution is 4.79. The van der Waals surface area contributed by atoms with Gasteiger partial charge in [0.2, 0.25) is 0 Å². The predicted molar refractivity (Wildman–Crippen MR) is 46.5 cm³/mol. The van der Waals surface area contributed by atoms with Crippen molar-refractivity contribution in [3.63, 3.8) is 0 Å². The van der Waals surface area contributed by atoms with Crippen molar-refractivity contribution in [1.29, 1.82) is 0 Å². The smallest absolute Gasteiger partial charge is 0.370 e. The molecule has 1 heterocycles. The lowest BCUT2D eigenvalue weighted by Gasteiger charge is -2.07. The van der Waals surface area contributed by atoms with Crippen LogP contribution in [0.3, 0.4) is 0 Å². The number of hydrogen-bond acceptors (Lipinski definition) is 2. The zero-order chi connectivity index (χ0) is 11.5. The second-order valence-electron chi connectivity index (χ2n) is 3.05. The lowest BCUT2D eigenvalue weighted by molar-refractivity contribution is -0.174. The van der Waals surface area contributed by atoms with Crippen LogP contribution in [0, 0.1) is 0 Å². The Hall–Kier alpha value is -1.24. The van der Waals surface area contributed by atoms with Crippen LogP contribution in [-0.4, -0.2) is 28.5 Å². The molecule has 0 aromatic carbocycles. The number of nitrogens with zero attached hydrogens (tertiary/aromatic N) is 2. The fourth-order valence-electron chi connectivity index (χ4n) is 1.03. The number of imidazole rings is 1. The molecule has 7 heteroatoms. The van der Waals surface area contributed by atoms with E-state index >= 15 is 0 Å². The molecule has 0 aliphatic heterocycles. The van der Waals surface area contributed by atoms with Crippen LogP contribution in [-0.2, 0) is 18.3 Å². The second kappa shape index (κ2) is 4.52. The largest absolute Gasteiger partial charge is 0.411 e. The van der Waals surface area contributed by atoms with E-state index in [4.69, 9.17) is 0 Å². The van der Waals surface area contributed by atoms with Gasteiger partial charge >= 0.3 is 11.9 Å². The van der Waals surface area contributed by atoms with Crippen LogP contribution in [0.4, 0.5) is 13.2 Å². The summed E-state index contributed by atoms with van der Waals surface area (Å²) in [4.78, 5) is 11.2. The van der Waals surface area contributed by atoms with Gasteiger partial charge in [0.1, 0.15) is 6.61 Å². The highest BCUT2D eigenvalue weighted by Gasteiger charge is 2.27. The van der Waals surface area contributed by atoms with E-state index in [1.54, 1.807) is 7.05 Å². The van der Waals surface area contributed by atoms with Crippen LogP contribution in [0.1, 0.15) is 0 Å². The van der Waals surface area contributed by atoms with E-state index in [1.807, 2.05) is 0 Å². The summed E-state index contributed by atoms with van der Waals surface area (Å²) >= 11 is 0. The molecule has 15 heavy (non-hydrogen) atoms. The fourth-order valence-corrected chi connectivity index (χ4v) is 1.03. The van der Waals surface area contributed by atoms with Crippen molar-refractivity contribution in [2.75, 3.05) is 13.2 Å². The van der Waals surface area contributed by atoms with Gasteiger partial charge in [-0.15, -0.1) is 0 Å². The molecular formula is C8H11F3N2O2. The average molecular weight is 224 g/mol. The number of rotatable bonds is 4. The Morgan fingerprint density at radius 1 is 1.40 bits per heavy atom. The third kappa shape index (κ3) is 3.78. The minimum Gasteiger partial charge on any atom is -0.370 e. The fraction of sp³-hybridized carbons (Fsp3) is 0.625. The topological polar surface area (TPSA) is 36.2 Å². The molecule has 0 fully saturated rings. The molecule has 0 saturated heterocycles. The molecule has 0 saturated carbocycles. The van der Waals surface area contributed by atoms with Crippen LogP contribution in [0.2, 0.25) is 0 Å². The molecule has 0 N–H and O–H groups in total. The van der Waals surface area contributed by atoms with Gasteiger partial charge in [-0.3, -0.25) is 4.57 Å². The summed E-state index contributed by atoms with van der Waals surface area (Å²) in [6.07, 6.45) is -1.28. The molecule has 0 amide bonds. The van der Waals surface area contributed by atoms with Gasteiger partial charge in [0.25, 0.3) is 0 Å². The van der Waals surface area contributed by atoms with Crippen LogP contribution >= 0.6 is 0 Å². The normalized spacial score (nSPS) is 12.0. The first-order chi connectivity index (χ1) is 6.90. The first-order valence-electron chi connectivity index (χ1n) is 4.26. The van der Waals surface area contributed by atoms with E-state index in [2.05, 4.69) is 4.74 Å². The molecule has 4 nitrogen and oxygen atoms in total. The lowest BCUT2D eigenvalue weighted by Crippen LogP contribution is -2.25. The summed E-state index contributed by atoms with van der Waals surface area (Å²) in [5.41, 5.74) is -0.273. The van der Waals surface area contributed by atoms with E-state index in [0.29, 0.717) is 0 Å². The number of aryl methyl sites for hydroxylation is 1. The van der Waals surface area contributed by atoms with Gasteiger partial charge in [-0.25, -0.2) is 4.79 Å². The molecule has 1 rings (SSSR count). The van der Waals surface area contributed by atoms with E-state index in [9.17, 15) is 18.0 Å². The monoisotopic (exact) mass is 224 g/mol. The zero-order valence-corrected chi connectivity index (χ0v) is 8.12. The minimum absolute atomic E-state index is 0.121. The van der Waals surface area contributed by atoms with Crippen molar-refractivity contribution < 1.29 is 17.9 Å². The molecule has 1 aromatic heterocycles. The van der Waals surface area contributed by atoms with Crippen molar-refractivity contribution in [3.05, 3.63) is 22.9 Å². The Morgan fingerprint density at radius 3 is 2.53 bits per heavy atom. The third-order valence-corrected chi connectivity index (χ3v) is 1.76. The summed E-state index contributed by atoms with van der Waals surface area (Å²) < 4.78 is 42.0. The Kier molecular flexibility index (Phi) is 3.57. The summed E-state index contributed by atoms with van der Waals surface area (Å²) in [5, 5.41) is 0. The molecule has 0 atom stereocenters. The van der Waals surface area contributed by atoms with Crippen molar-refractivity contribution in [1.82, 2.24) is 9.13 Å². The molecule has 0 radical (unpaired) electrons. The zero-order valence-electron chi connectivity index (χ0n) is 8.12. The number of alkyl halides is 3. The lowest BCUT2D eigenvalue weighted by atomic mass is 10.6. The van der Waals surface area contributed by atoms with Crippen LogP contribution in [0.15, 0.2) is 17.2 Å². The van der Waals surface area contributed by atoms with Gasteiger partial charge < -0.3 is 9.30 Å². The SMILES string of the molecule is Cn1ccn(CCOCC(F)(F)F)c1=O. The first-order valence-corrected chi connectivity index (χ1v) is 4.26. The van der Waals surface area contributed by atoms with Gasteiger partial charge in [0, 0.05) is 19.4 Å². The standard InChI is InChI=1S/C8H11F3N2O2/c1-12-2-3-13(7(12)14)4-5-15-6-8(9,10)11/h2-3H,4-6H2,1H3. The summed E-state index contributed by atoms with van der Waals surface area (Å²) in [7, 11) is 1.56. The maximum atomic E-state index is 11.7. The summed E-state index contributed by atoms with van der Waals surface area (Å²) in [6.45, 7) is -1.30. The highest BCUT2D eigenvalue weighted by atomic mass is 19.4. The highest BCUT2D eigenvalue weighted by Crippen LogP contribution is 2.14. The van der Waals surface area contributed by atoms with Crippen molar-refractivity contribution >= 4 is 0 Å². The van der Waals surface area contributed by atoms with E-state index in [-0.39, 0.29) is 18.8 Å². The number of hydrogen-bond donors (Lipinski definition) is 0. The van der Waals surface area contributed by atoms with Crippen molar-refractivity contribution in [2.45, 2.75) is 12.7 Å². The Morgan fingerprint density at radius 2 is 2.07 bits per heavy atom. The molecule has 1 aromatic rings. The van der Waals surface area contributed by atoms with E-state index in [1.165, 1.54) is 21.5 Å². The minimum atomic E-state index is -4.32. The first kappa shape index (κ1) is 11.8. The molecule has 0 aliphatic carbocycles. The van der Waals surface area contributed by atoms with Crippen molar-refractivity contribution in [2.24, 2.45) is 7.05 Å². The van der Waals surface area contributed by atoms with Crippen molar-refractivity contribution in [3.8, 4) is 0 Å². The Balaban J connectivity index is 2.33. The predicted octanol–water partition coefficient (Wildman–Crippen LogP) is 0.766. The number of ether oxygens (including phenoxy) is 1. The van der Waals surface area contributed by atoms with Gasteiger partial charge in [-0.1, -0.05) is 0 Å². The van der Waals surface area contributed by atoms with E-state index < -0.39 is 12.8 Å². The van der Waals surface area contributed by atoms with Gasteiger partial charge in [0.15, 0.2) is 0 Å².